The third-order valence-corrected chi connectivity index (χ3v) is 4.19. The molecule has 1 amide bonds. The highest BCUT2D eigenvalue weighted by atomic mass is 35.5. The van der Waals surface area contributed by atoms with Crippen LogP contribution in [0.2, 0.25) is 5.02 Å². The Morgan fingerprint density at radius 2 is 1.88 bits per heavy atom. The highest BCUT2D eigenvalue weighted by Gasteiger charge is 2.11. The zero-order chi connectivity index (χ0) is 18.0. The third kappa shape index (κ3) is 3.83. The van der Waals surface area contributed by atoms with Gasteiger partial charge in [-0.1, -0.05) is 17.7 Å². The summed E-state index contributed by atoms with van der Waals surface area (Å²) in [4.78, 5) is 17.5. The fraction of sp³-hybridized carbons (Fsp3) is 0.158. The molecule has 2 aromatic carbocycles. The summed E-state index contributed by atoms with van der Waals surface area (Å²) in [7, 11) is 1.96. The van der Waals surface area contributed by atoms with Gasteiger partial charge >= 0.3 is 0 Å². The van der Waals surface area contributed by atoms with Crippen molar-refractivity contribution < 1.29 is 9.53 Å². The van der Waals surface area contributed by atoms with E-state index in [4.69, 9.17) is 22.1 Å². The van der Waals surface area contributed by atoms with Crippen LogP contribution in [0, 0.1) is 0 Å². The molecule has 128 valence electrons. The standard InChI is InChI=1S/C19H18ClN3O2/c1-12(19(21)24)25-17-7-5-15(6-8-17)23(2)16-9-13-3-4-14(20)10-18(13)22-11-16/h3-12H,1-2H3,(H2,21,24). The van der Waals surface area contributed by atoms with Gasteiger partial charge in [-0.05, 0) is 49.4 Å². The van der Waals surface area contributed by atoms with Crippen LogP contribution in [0.1, 0.15) is 6.92 Å². The van der Waals surface area contributed by atoms with Gasteiger partial charge in [0.15, 0.2) is 6.10 Å². The minimum atomic E-state index is -0.667. The number of halogens is 1. The minimum Gasteiger partial charge on any atom is -0.481 e. The molecule has 1 atom stereocenters. The first-order valence-corrected chi connectivity index (χ1v) is 8.17. The summed E-state index contributed by atoms with van der Waals surface area (Å²) in [6, 6.07) is 15.1. The Morgan fingerprint density at radius 3 is 2.56 bits per heavy atom. The lowest BCUT2D eigenvalue weighted by atomic mass is 10.2. The zero-order valence-electron chi connectivity index (χ0n) is 13.9. The molecule has 25 heavy (non-hydrogen) atoms. The average Bonchev–Trinajstić information content (AvgIpc) is 2.61. The summed E-state index contributed by atoms with van der Waals surface area (Å²) >= 11 is 6.00. The van der Waals surface area contributed by atoms with E-state index in [2.05, 4.69) is 11.1 Å². The number of hydrogen-bond acceptors (Lipinski definition) is 4. The van der Waals surface area contributed by atoms with Crippen LogP contribution in [-0.2, 0) is 4.79 Å². The number of nitrogens with zero attached hydrogens (tertiary/aromatic N) is 2. The molecule has 0 fully saturated rings. The van der Waals surface area contributed by atoms with Crippen molar-refractivity contribution in [1.82, 2.24) is 4.98 Å². The Kier molecular flexibility index (Phi) is 4.76. The molecule has 0 aliphatic carbocycles. The number of carbonyl (C=O) groups excluding carboxylic acids is 1. The molecule has 0 radical (unpaired) electrons. The molecule has 0 aliphatic heterocycles. The number of ether oxygens (including phenoxy) is 1. The molecule has 3 rings (SSSR count). The maximum absolute atomic E-state index is 11.1. The summed E-state index contributed by atoms with van der Waals surface area (Å²) in [5.74, 6) is 0.0956. The van der Waals surface area contributed by atoms with Crippen LogP contribution in [0.25, 0.3) is 10.9 Å². The molecule has 6 heteroatoms. The van der Waals surface area contributed by atoms with Gasteiger partial charge in [0, 0.05) is 23.1 Å². The number of hydrogen-bond donors (Lipinski definition) is 1. The van der Waals surface area contributed by atoms with E-state index in [1.807, 2.05) is 42.3 Å². The first kappa shape index (κ1) is 17.0. The molecule has 1 aromatic heterocycles. The lowest BCUT2D eigenvalue weighted by Gasteiger charge is -2.20. The molecule has 0 saturated carbocycles. The number of primary amides is 1. The summed E-state index contributed by atoms with van der Waals surface area (Å²) in [6.45, 7) is 1.62. The van der Waals surface area contributed by atoms with Gasteiger partial charge in [0.1, 0.15) is 5.75 Å². The monoisotopic (exact) mass is 355 g/mol. The SMILES string of the molecule is CC(Oc1ccc(N(C)c2cnc3cc(Cl)ccc3c2)cc1)C(N)=O. The van der Waals surface area contributed by atoms with Crippen molar-refractivity contribution >= 4 is 39.8 Å². The molecule has 1 unspecified atom stereocenters. The normalized spacial score (nSPS) is 12.0. The van der Waals surface area contributed by atoms with Gasteiger partial charge in [0.05, 0.1) is 17.4 Å². The number of fused-ring (bicyclic) bond motifs is 1. The van der Waals surface area contributed by atoms with E-state index in [0.29, 0.717) is 10.8 Å². The summed E-state index contributed by atoms with van der Waals surface area (Å²) in [5.41, 5.74) is 7.98. The van der Waals surface area contributed by atoms with Gasteiger partial charge in [0.2, 0.25) is 0 Å². The number of carbonyl (C=O) groups is 1. The van der Waals surface area contributed by atoms with Crippen molar-refractivity contribution in [1.29, 1.82) is 0 Å². The van der Waals surface area contributed by atoms with Crippen LogP contribution in [0.4, 0.5) is 11.4 Å². The van der Waals surface area contributed by atoms with Gasteiger partial charge in [-0.3, -0.25) is 9.78 Å². The number of aromatic nitrogens is 1. The minimum absolute atomic E-state index is 0.497. The Balaban J connectivity index is 1.81. The van der Waals surface area contributed by atoms with Crippen LogP contribution >= 0.6 is 11.6 Å². The maximum Gasteiger partial charge on any atom is 0.258 e. The van der Waals surface area contributed by atoms with Crippen LogP contribution in [0.5, 0.6) is 5.75 Å². The van der Waals surface area contributed by atoms with Crippen molar-refractivity contribution in [2.75, 3.05) is 11.9 Å². The third-order valence-electron chi connectivity index (χ3n) is 3.96. The number of anilines is 2. The number of rotatable bonds is 5. The zero-order valence-corrected chi connectivity index (χ0v) is 14.7. The van der Waals surface area contributed by atoms with Crippen molar-refractivity contribution in [3.8, 4) is 5.75 Å². The smallest absolute Gasteiger partial charge is 0.258 e. The van der Waals surface area contributed by atoms with E-state index >= 15 is 0 Å². The quantitative estimate of drug-likeness (QED) is 0.753. The molecule has 0 bridgehead atoms. The maximum atomic E-state index is 11.1. The molecular formula is C19H18ClN3O2. The number of amides is 1. The molecule has 5 nitrogen and oxygen atoms in total. The van der Waals surface area contributed by atoms with Crippen molar-refractivity contribution in [3.05, 3.63) is 59.8 Å². The number of pyridine rings is 1. The molecule has 0 spiro atoms. The van der Waals surface area contributed by atoms with Crippen molar-refractivity contribution in [2.45, 2.75) is 13.0 Å². The Morgan fingerprint density at radius 1 is 1.16 bits per heavy atom. The lowest BCUT2D eigenvalue weighted by Crippen LogP contribution is -2.30. The number of benzene rings is 2. The Bertz CT molecular complexity index is 912. The molecule has 2 N–H and O–H groups in total. The van der Waals surface area contributed by atoms with Crippen molar-refractivity contribution in [2.24, 2.45) is 5.73 Å². The van der Waals surface area contributed by atoms with E-state index in [0.717, 1.165) is 22.3 Å². The van der Waals surface area contributed by atoms with Crippen LogP contribution in [0.3, 0.4) is 0 Å². The van der Waals surface area contributed by atoms with Crippen LogP contribution in [0.15, 0.2) is 54.7 Å². The molecule has 3 aromatic rings. The predicted octanol–water partition coefficient (Wildman–Crippen LogP) is 3.91. The second-order valence-electron chi connectivity index (χ2n) is 5.75. The van der Waals surface area contributed by atoms with Gasteiger partial charge < -0.3 is 15.4 Å². The second kappa shape index (κ2) is 6.99. The predicted molar refractivity (Wildman–Crippen MR) is 101 cm³/mol. The van der Waals surface area contributed by atoms with E-state index in [1.54, 1.807) is 25.3 Å². The summed E-state index contributed by atoms with van der Waals surface area (Å²) in [5, 5.41) is 1.69. The highest BCUT2D eigenvalue weighted by molar-refractivity contribution is 6.31. The Labute approximate surface area is 151 Å². The number of nitrogens with two attached hydrogens (primary N) is 1. The first-order chi connectivity index (χ1) is 11.9. The molecule has 0 aliphatic rings. The van der Waals surface area contributed by atoms with E-state index < -0.39 is 12.0 Å². The second-order valence-corrected chi connectivity index (χ2v) is 6.18. The lowest BCUT2D eigenvalue weighted by molar-refractivity contribution is -0.123. The van der Waals surface area contributed by atoms with E-state index in [-0.39, 0.29) is 0 Å². The molecular weight excluding hydrogens is 338 g/mol. The largest absolute Gasteiger partial charge is 0.481 e. The van der Waals surface area contributed by atoms with Crippen LogP contribution < -0.4 is 15.4 Å². The Hall–Kier alpha value is -2.79. The average molecular weight is 356 g/mol. The fourth-order valence-electron chi connectivity index (χ4n) is 2.43. The van der Waals surface area contributed by atoms with Gasteiger partial charge in [-0.25, -0.2) is 0 Å². The first-order valence-electron chi connectivity index (χ1n) is 7.79. The van der Waals surface area contributed by atoms with Gasteiger partial charge in [0.25, 0.3) is 5.91 Å². The summed E-state index contributed by atoms with van der Waals surface area (Å²) < 4.78 is 5.47. The van der Waals surface area contributed by atoms with Crippen molar-refractivity contribution in [3.63, 3.8) is 0 Å². The van der Waals surface area contributed by atoms with Gasteiger partial charge in [-0.15, -0.1) is 0 Å². The van der Waals surface area contributed by atoms with E-state index in [9.17, 15) is 4.79 Å². The topological polar surface area (TPSA) is 68.4 Å². The summed E-state index contributed by atoms with van der Waals surface area (Å²) in [6.07, 6.45) is 1.14. The van der Waals surface area contributed by atoms with Crippen LogP contribution in [-0.4, -0.2) is 24.0 Å². The van der Waals surface area contributed by atoms with E-state index in [1.165, 1.54) is 0 Å². The fourth-order valence-corrected chi connectivity index (χ4v) is 2.59. The van der Waals surface area contributed by atoms with Gasteiger partial charge in [-0.2, -0.15) is 0 Å². The highest BCUT2D eigenvalue weighted by Crippen LogP contribution is 2.28. The molecule has 0 saturated heterocycles. The molecule has 1 heterocycles.